The Balaban J connectivity index is 3.02. The highest BCUT2D eigenvalue weighted by Gasteiger charge is 2.18. The van der Waals surface area contributed by atoms with Crippen LogP contribution in [0.5, 0.6) is 0 Å². The first-order valence-corrected chi connectivity index (χ1v) is 4.59. The summed E-state index contributed by atoms with van der Waals surface area (Å²) in [6.45, 7) is -0.0777. The van der Waals surface area contributed by atoms with Gasteiger partial charge < -0.3 is 15.9 Å². The lowest BCUT2D eigenvalue weighted by Crippen LogP contribution is -2.27. The second-order valence-electron chi connectivity index (χ2n) is 2.97. The van der Waals surface area contributed by atoms with E-state index in [-0.39, 0.29) is 17.3 Å². The molecule has 1 aromatic rings. The van der Waals surface area contributed by atoms with Crippen LogP contribution in [0, 0.1) is 11.3 Å². The molecule has 80 valence electrons. The van der Waals surface area contributed by atoms with Crippen LogP contribution in [0.3, 0.4) is 0 Å². The summed E-state index contributed by atoms with van der Waals surface area (Å²) in [7, 11) is 0. The molecule has 0 aliphatic rings. The van der Waals surface area contributed by atoms with Gasteiger partial charge in [0.25, 0.3) is 0 Å². The average molecular weight is 228 g/mol. The largest absolute Gasteiger partial charge is 0.389 e. The molecule has 4 N–H and O–H groups in total. The first kappa shape index (κ1) is 11.9. The number of nitrogens with two attached hydrogens (primary N) is 1. The highest BCUT2D eigenvalue weighted by molar-refractivity contribution is 6.30. The van der Waals surface area contributed by atoms with Crippen molar-refractivity contribution in [2.24, 2.45) is 5.73 Å². The van der Waals surface area contributed by atoms with Crippen LogP contribution in [-0.2, 0) is 0 Å². The molecular formula is C9H10ClN3O2. The van der Waals surface area contributed by atoms with Crippen LogP contribution >= 0.6 is 11.6 Å². The molecule has 0 saturated heterocycles. The summed E-state index contributed by atoms with van der Waals surface area (Å²) >= 11 is 5.61. The van der Waals surface area contributed by atoms with E-state index in [4.69, 9.17) is 22.6 Å². The van der Waals surface area contributed by atoms with Crippen molar-refractivity contribution in [3.05, 3.63) is 28.5 Å². The molecule has 2 atom stereocenters. The lowest BCUT2D eigenvalue weighted by Gasteiger charge is -2.16. The second-order valence-corrected chi connectivity index (χ2v) is 3.32. The Bertz CT molecular complexity index is 391. The Morgan fingerprint density at radius 1 is 1.60 bits per heavy atom. The maximum absolute atomic E-state index is 9.58. The summed E-state index contributed by atoms with van der Waals surface area (Å²) < 4.78 is 0. The predicted molar refractivity (Wildman–Crippen MR) is 54.0 cm³/mol. The number of rotatable bonds is 3. The van der Waals surface area contributed by atoms with E-state index in [0.29, 0.717) is 5.56 Å². The molecule has 2 unspecified atom stereocenters. The van der Waals surface area contributed by atoms with Gasteiger partial charge in [-0.05, 0) is 6.07 Å². The van der Waals surface area contributed by atoms with Crippen LogP contribution in [0.25, 0.3) is 0 Å². The fourth-order valence-electron chi connectivity index (χ4n) is 1.06. The van der Waals surface area contributed by atoms with E-state index in [9.17, 15) is 10.2 Å². The van der Waals surface area contributed by atoms with E-state index in [1.54, 1.807) is 0 Å². The van der Waals surface area contributed by atoms with Gasteiger partial charge in [-0.2, -0.15) is 5.26 Å². The Hall–Kier alpha value is -1.19. The monoisotopic (exact) mass is 227 g/mol. The molecule has 0 fully saturated rings. The number of pyridine rings is 1. The third-order valence-corrected chi connectivity index (χ3v) is 2.23. The van der Waals surface area contributed by atoms with E-state index in [1.165, 1.54) is 12.3 Å². The molecule has 5 nitrogen and oxygen atoms in total. The van der Waals surface area contributed by atoms with Crippen molar-refractivity contribution in [1.29, 1.82) is 5.26 Å². The first-order chi connectivity index (χ1) is 7.10. The quantitative estimate of drug-likeness (QED) is 0.629. The van der Waals surface area contributed by atoms with Crippen molar-refractivity contribution in [1.82, 2.24) is 4.98 Å². The summed E-state index contributed by atoms with van der Waals surface area (Å²) in [6.07, 6.45) is -0.946. The lowest BCUT2D eigenvalue weighted by atomic mass is 10.1. The van der Waals surface area contributed by atoms with Gasteiger partial charge in [0.15, 0.2) is 0 Å². The molecule has 1 heterocycles. The highest BCUT2D eigenvalue weighted by Crippen LogP contribution is 2.20. The molecule has 0 aliphatic carbocycles. The van der Waals surface area contributed by atoms with Crippen molar-refractivity contribution in [2.75, 3.05) is 6.54 Å². The fourth-order valence-corrected chi connectivity index (χ4v) is 1.20. The number of aromatic nitrogens is 1. The molecule has 0 aliphatic heterocycles. The normalized spacial score (nSPS) is 14.3. The van der Waals surface area contributed by atoms with Crippen molar-refractivity contribution < 1.29 is 10.2 Å². The van der Waals surface area contributed by atoms with Crippen LogP contribution < -0.4 is 5.73 Å². The van der Waals surface area contributed by atoms with Gasteiger partial charge in [-0.25, -0.2) is 4.98 Å². The minimum absolute atomic E-state index is 0.0655. The van der Waals surface area contributed by atoms with Gasteiger partial charge in [-0.15, -0.1) is 0 Å². The summed E-state index contributed by atoms with van der Waals surface area (Å²) in [5.74, 6) is 0. The number of halogens is 1. The van der Waals surface area contributed by atoms with Crippen molar-refractivity contribution >= 4 is 11.6 Å². The Kier molecular flexibility index (Phi) is 4.00. The van der Waals surface area contributed by atoms with Gasteiger partial charge in [-0.1, -0.05) is 11.6 Å². The lowest BCUT2D eigenvalue weighted by molar-refractivity contribution is 0.0241. The van der Waals surface area contributed by atoms with Gasteiger partial charge >= 0.3 is 0 Å². The zero-order valence-corrected chi connectivity index (χ0v) is 8.52. The SMILES string of the molecule is N#Cc1cc(C(O)C(O)CN)cnc1Cl. The van der Waals surface area contributed by atoms with Crippen molar-refractivity contribution in [2.45, 2.75) is 12.2 Å². The molecule has 1 aromatic heterocycles. The third kappa shape index (κ3) is 2.64. The Labute approximate surface area is 91.7 Å². The number of hydrogen-bond donors (Lipinski definition) is 3. The van der Waals surface area contributed by atoms with E-state index in [1.807, 2.05) is 6.07 Å². The van der Waals surface area contributed by atoms with Gasteiger partial charge in [0, 0.05) is 18.3 Å². The van der Waals surface area contributed by atoms with Crippen molar-refractivity contribution in [3.8, 4) is 6.07 Å². The molecule has 6 heteroatoms. The molecule has 0 spiro atoms. The average Bonchev–Trinajstić information content (AvgIpc) is 2.27. The third-order valence-electron chi connectivity index (χ3n) is 1.93. The minimum Gasteiger partial charge on any atom is -0.389 e. The van der Waals surface area contributed by atoms with Gasteiger partial charge in [0.2, 0.25) is 0 Å². The maximum Gasteiger partial charge on any atom is 0.146 e. The molecule has 0 amide bonds. The first-order valence-electron chi connectivity index (χ1n) is 4.22. The number of aliphatic hydroxyl groups excluding tert-OH is 2. The van der Waals surface area contributed by atoms with E-state index in [2.05, 4.69) is 4.98 Å². The Morgan fingerprint density at radius 3 is 2.80 bits per heavy atom. The standard InChI is InChI=1S/C9H10ClN3O2/c10-9-5(2-11)1-6(4-13-9)8(15)7(14)3-12/h1,4,7-8,14-15H,3,12H2. The van der Waals surface area contributed by atoms with Crippen molar-refractivity contribution in [3.63, 3.8) is 0 Å². The summed E-state index contributed by atoms with van der Waals surface area (Å²) in [6, 6.07) is 3.20. The predicted octanol–water partition coefficient (Wildman–Crippen LogP) is -0.0403. The van der Waals surface area contributed by atoms with Gasteiger partial charge in [0.1, 0.15) is 17.3 Å². The second kappa shape index (κ2) is 5.05. The van der Waals surface area contributed by atoms with E-state index >= 15 is 0 Å². The molecule has 0 aromatic carbocycles. The van der Waals surface area contributed by atoms with Crippen LogP contribution in [0.15, 0.2) is 12.3 Å². The zero-order valence-electron chi connectivity index (χ0n) is 7.76. The molecular weight excluding hydrogens is 218 g/mol. The molecule has 0 radical (unpaired) electrons. The van der Waals surface area contributed by atoms with E-state index < -0.39 is 12.2 Å². The maximum atomic E-state index is 9.58. The summed E-state index contributed by atoms with van der Waals surface area (Å²) in [4.78, 5) is 3.72. The van der Waals surface area contributed by atoms with Gasteiger partial charge in [0.05, 0.1) is 11.7 Å². The summed E-state index contributed by atoms with van der Waals surface area (Å²) in [5, 5.41) is 27.6. The number of nitriles is 1. The van der Waals surface area contributed by atoms with Crippen LogP contribution in [0.1, 0.15) is 17.2 Å². The molecule has 15 heavy (non-hydrogen) atoms. The minimum atomic E-state index is -1.16. The number of aliphatic hydroxyl groups is 2. The highest BCUT2D eigenvalue weighted by atomic mass is 35.5. The van der Waals surface area contributed by atoms with Gasteiger partial charge in [-0.3, -0.25) is 0 Å². The fraction of sp³-hybridized carbons (Fsp3) is 0.333. The smallest absolute Gasteiger partial charge is 0.146 e. The van der Waals surface area contributed by atoms with E-state index in [0.717, 1.165) is 0 Å². The number of nitrogens with zero attached hydrogens (tertiary/aromatic N) is 2. The topological polar surface area (TPSA) is 103 Å². The van der Waals surface area contributed by atoms with Crippen LogP contribution in [0.2, 0.25) is 5.15 Å². The zero-order chi connectivity index (χ0) is 11.4. The molecule has 0 saturated carbocycles. The molecule has 1 rings (SSSR count). The Morgan fingerprint density at radius 2 is 2.27 bits per heavy atom. The van der Waals surface area contributed by atoms with Crippen LogP contribution in [0.4, 0.5) is 0 Å². The summed E-state index contributed by atoms with van der Waals surface area (Å²) in [5.41, 5.74) is 5.65. The number of hydrogen-bond acceptors (Lipinski definition) is 5. The molecule has 0 bridgehead atoms. The van der Waals surface area contributed by atoms with Crippen LogP contribution in [-0.4, -0.2) is 27.8 Å².